The molecule has 1 aromatic heterocycles. The Hall–Kier alpha value is -3.61. The van der Waals surface area contributed by atoms with Gasteiger partial charge in [0.05, 0.1) is 11.4 Å². The Bertz CT molecular complexity index is 1270. The Morgan fingerprint density at radius 3 is 2.27 bits per heavy atom. The minimum Gasteiger partial charge on any atom is -0.315 e. The normalized spacial score (nSPS) is 11.4. The van der Waals surface area contributed by atoms with E-state index in [0.717, 1.165) is 52.2 Å². The lowest BCUT2D eigenvalue weighted by Gasteiger charge is -2.23. The number of aromatic nitrogens is 2. The van der Waals surface area contributed by atoms with Crippen LogP contribution in [0.2, 0.25) is 0 Å². The van der Waals surface area contributed by atoms with Gasteiger partial charge in [0.25, 0.3) is 0 Å². The predicted molar refractivity (Wildman–Crippen MR) is 152 cm³/mol. The SMILES string of the molecule is CCCCN(CC(=O)Nc1cc(C(C)(C)C)nn1-c1ccc(C)cc1C)C(=O)Nc1ccc(C)c(C)c1. The van der Waals surface area contributed by atoms with E-state index in [2.05, 4.69) is 51.3 Å². The van der Waals surface area contributed by atoms with Gasteiger partial charge in [0, 0.05) is 23.7 Å². The molecule has 7 heteroatoms. The van der Waals surface area contributed by atoms with Gasteiger partial charge in [0.2, 0.25) is 5.91 Å². The molecule has 0 fully saturated rings. The smallest absolute Gasteiger partial charge is 0.315 e. The van der Waals surface area contributed by atoms with Crippen molar-refractivity contribution in [1.29, 1.82) is 0 Å². The maximum Gasteiger partial charge on any atom is 0.322 e. The molecule has 0 aliphatic carbocycles. The summed E-state index contributed by atoms with van der Waals surface area (Å²) in [6, 6.07) is 13.6. The number of unbranched alkanes of at least 4 members (excludes halogenated alkanes) is 1. The molecule has 198 valence electrons. The lowest BCUT2D eigenvalue weighted by Crippen LogP contribution is -2.41. The maximum absolute atomic E-state index is 13.2. The van der Waals surface area contributed by atoms with Gasteiger partial charge in [-0.1, -0.05) is 57.9 Å². The van der Waals surface area contributed by atoms with Crippen molar-refractivity contribution in [2.75, 3.05) is 23.7 Å². The molecule has 0 atom stereocenters. The Morgan fingerprint density at radius 2 is 1.65 bits per heavy atom. The van der Waals surface area contributed by atoms with Crippen LogP contribution in [0.25, 0.3) is 5.69 Å². The van der Waals surface area contributed by atoms with Crippen LogP contribution in [0.1, 0.15) is 68.5 Å². The second kappa shape index (κ2) is 11.6. The van der Waals surface area contributed by atoms with Gasteiger partial charge in [0.1, 0.15) is 12.4 Å². The van der Waals surface area contributed by atoms with Crippen LogP contribution in [0.4, 0.5) is 16.3 Å². The van der Waals surface area contributed by atoms with Crippen molar-refractivity contribution in [3.63, 3.8) is 0 Å². The molecule has 0 saturated heterocycles. The molecule has 3 rings (SSSR count). The summed E-state index contributed by atoms with van der Waals surface area (Å²) in [6.45, 7) is 16.9. The van der Waals surface area contributed by atoms with E-state index in [1.165, 1.54) is 0 Å². The number of urea groups is 1. The largest absolute Gasteiger partial charge is 0.322 e. The molecule has 0 radical (unpaired) electrons. The number of amides is 3. The predicted octanol–water partition coefficient (Wildman–Crippen LogP) is 6.68. The van der Waals surface area contributed by atoms with Crippen molar-refractivity contribution in [2.45, 2.75) is 73.6 Å². The Morgan fingerprint density at radius 1 is 0.919 bits per heavy atom. The lowest BCUT2D eigenvalue weighted by atomic mass is 9.92. The summed E-state index contributed by atoms with van der Waals surface area (Å²) in [7, 11) is 0. The molecule has 1 heterocycles. The molecule has 2 aromatic carbocycles. The third kappa shape index (κ3) is 7.21. The molecule has 0 saturated carbocycles. The molecule has 0 aliphatic rings. The van der Waals surface area contributed by atoms with Gasteiger partial charge in [-0.2, -0.15) is 5.10 Å². The number of benzene rings is 2. The molecule has 3 aromatic rings. The second-order valence-corrected chi connectivity index (χ2v) is 10.9. The fourth-order valence-corrected chi connectivity index (χ4v) is 4.04. The van der Waals surface area contributed by atoms with E-state index >= 15 is 0 Å². The number of aryl methyl sites for hydroxylation is 4. The van der Waals surface area contributed by atoms with Crippen molar-refractivity contribution in [1.82, 2.24) is 14.7 Å². The van der Waals surface area contributed by atoms with Gasteiger partial charge in [-0.05, 0) is 69.0 Å². The Labute approximate surface area is 221 Å². The molecule has 37 heavy (non-hydrogen) atoms. The zero-order chi connectivity index (χ0) is 27.3. The van der Waals surface area contributed by atoms with Gasteiger partial charge in [0.15, 0.2) is 0 Å². The number of nitrogens with one attached hydrogen (secondary N) is 2. The van der Waals surface area contributed by atoms with E-state index in [1.54, 1.807) is 9.58 Å². The number of hydrogen-bond donors (Lipinski definition) is 2. The second-order valence-electron chi connectivity index (χ2n) is 10.9. The summed E-state index contributed by atoms with van der Waals surface area (Å²) in [5.41, 5.74) is 6.80. The van der Waals surface area contributed by atoms with E-state index in [4.69, 9.17) is 5.10 Å². The van der Waals surface area contributed by atoms with Gasteiger partial charge < -0.3 is 15.5 Å². The van der Waals surface area contributed by atoms with Gasteiger partial charge in [-0.25, -0.2) is 9.48 Å². The van der Waals surface area contributed by atoms with Gasteiger partial charge >= 0.3 is 6.03 Å². The van der Waals surface area contributed by atoms with E-state index in [1.807, 2.05) is 57.2 Å². The zero-order valence-corrected chi connectivity index (χ0v) is 23.5. The fourth-order valence-electron chi connectivity index (χ4n) is 4.04. The Kier molecular flexibility index (Phi) is 8.79. The monoisotopic (exact) mass is 503 g/mol. The van der Waals surface area contributed by atoms with Crippen LogP contribution in [-0.4, -0.2) is 39.7 Å². The van der Waals surface area contributed by atoms with Gasteiger partial charge in [-0.15, -0.1) is 0 Å². The molecule has 3 amide bonds. The first-order valence-corrected chi connectivity index (χ1v) is 13.0. The minimum atomic E-state index is -0.287. The summed E-state index contributed by atoms with van der Waals surface area (Å²) in [5.74, 6) is 0.324. The van der Waals surface area contributed by atoms with Crippen molar-refractivity contribution in [3.8, 4) is 5.69 Å². The number of anilines is 2. The van der Waals surface area contributed by atoms with Crippen LogP contribution >= 0.6 is 0 Å². The molecule has 0 unspecified atom stereocenters. The summed E-state index contributed by atoms with van der Waals surface area (Å²) in [4.78, 5) is 27.9. The maximum atomic E-state index is 13.2. The number of rotatable bonds is 8. The summed E-state index contributed by atoms with van der Waals surface area (Å²) in [6.07, 6.45) is 1.73. The van der Waals surface area contributed by atoms with E-state index in [9.17, 15) is 9.59 Å². The van der Waals surface area contributed by atoms with E-state index < -0.39 is 0 Å². The van der Waals surface area contributed by atoms with Crippen LogP contribution in [0.5, 0.6) is 0 Å². The number of carbonyl (C=O) groups excluding carboxylic acids is 2. The minimum absolute atomic E-state index is 0.0560. The fraction of sp³-hybridized carbons (Fsp3) is 0.433. The highest BCUT2D eigenvalue weighted by Crippen LogP contribution is 2.28. The molecule has 0 aliphatic heterocycles. The van der Waals surface area contributed by atoms with Crippen LogP contribution in [0.3, 0.4) is 0 Å². The summed E-state index contributed by atoms with van der Waals surface area (Å²) >= 11 is 0. The highest BCUT2D eigenvalue weighted by atomic mass is 16.2. The topological polar surface area (TPSA) is 79.3 Å². The van der Waals surface area contributed by atoms with Crippen LogP contribution in [-0.2, 0) is 10.2 Å². The third-order valence-corrected chi connectivity index (χ3v) is 6.49. The van der Waals surface area contributed by atoms with Crippen molar-refractivity contribution < 1.29 is 9.59 Å². The number of nitrogens with zero attached hydrogens (tertiary/aromatic N) is 3. The van der Waals surface area contributed by atoms with E-state index in [0.29, 0.717) is 12.4 Å². The Balaban J connectivity index is 1.83. The van der Waals surface area contributed by atoms with E-state index in [-0.39, 0.29) is 23.9 Å². The van der Waals surface area contributed by atoms with Crippen LogP contribution in [0, 0.1) is 27.7 Å². The molecule has 0 bridgehead atoms. The highest BCUT2D eigenvalue weighted by molar-refractivity contribution is 5.96. The summed E-state index contributed by atoms with van der Waals surface area (Å²) < 4.78 is 1.79. The van der Waals surface area contributed by atoms with Crippen molar-refractivity contribution >= 4 is 23.4 Å². The first kappa shape index (κ1) is 28.0. The molecule has 7 nitrogen and oxygen atoms in total. The van der Waals surface area contributed by atoms with Crippen LogP contribution < -0.4 is 10.6 Å². The molecule has 2 N–H and O–H groups in total. The molecule has 0 spiro atoms. The van der Waals surface area contributed by atoms with Crippen molar-refractivity contribution in [2.24, 2.45) is 0 Å². The van der Waals surface area contributed by atoms with Crippen LogP contribution in [0.15, 0.2) is 42.5 Å². The zero-order valence-electron chi connectivity index (χ0n) is 23.5. The third-order valence-electron chi connectivity index (χ3n) is 6.49. The molecular formula is C30H41N5O2. The average molecular weight is 504 g/mol. The average Bonchev–Trinajstić information content (AvgIpc) is 3.23. The van der Waals surface area contributed by atoms with Gasteiger partial charge in [-0.3, -0.25) is 4.79 Å². The molecular weight excluding hydrogens is 462 g/mol. The van der Waals surface area contributed by atoms with Crippen molar-refractivity contribution in [3.05, 3.63) is 70.4 Å². The quantitative estimate of drug-likeness (QED) is 0.360. The lowest BCUT2D eigenvalue weighted by molar-refractivity contribution is -0.116. The first-order valence-electron chi connectivity index (χ1n) is 13.0. The number of hydrogen-bond acceptors (Lipinski definition) is 3. The summed E-state index contributed by atoms with van der Waals surface area (Å²) in [5, 5.41) is 10.8. The standard InChI is InChI=1S/C30H41N5O2/c1-9-10-15-34(29(37)31-24-13-12-21(3)22(4)17-24)19-28(36)32-27-18-26(30(6,7)8)33-35(27)25-14-11-20(2)16-23(25)5/h11-14,16-18H,9-10,15,19H2,1-8H3,(H,31,37)(H,32,36). The highest BCUT2D eigenvalue weighted by Gasteiger charge is 2.23. The number of carbonyl (C=O) groups is 2. The first-order chi connectivity index (χ1) is 17.4.